The minimum atomic E-state index is 0.684. The normalized spacial score (nSPS) is 10.3. The molecule has 0 atom stereocenters. The molecule has 0 aliphatic heterocycles. The minimum Gasteiger partial charge on any atom is -0.366 e. The maximum atomic E-state index is 4.71. The lowest BCUT2D eigenvalue weighted by Crippen LogP contribution is -2.20. The van der Waals surface area contributed by atoms with E-state index < -0.39 is 0 Å². The smallest absolute Gasteiger partial charge is 0.163 e. The summed E-state index contributed by atoms with van der Waals surface area (Å²) in [5.41, 5.74) is 1.02. The van der Waals surface area contributed by atoms with Gasteiger partial charge in [0.2, 0.25) is 0 Å². The topological polar surface area (TPSA) is 41.0 Å². The summed E-state index contributed by atoms with van der Waals surface area (Å²) in [6.07, 6.45) is 4.14. The Morgan fingerprint density at radius 1 is 1.23 bits per heavy atom. The summed E-state index contributed by atoms with van der Waals surface area (Å²) in [5.74, 6) is 2.51. The molecule has 116 valence electrons. The molecule has 1 heterocycles. The van der Waals surface area contributed by atoms with Crippen LogP contribution in [0.5, 0.6) is 0 Å². The molecular weight excluding hydrogens is 272 g/mol. The van der Waals surface area contributed by atoms with Crippen molar-refractivity contribution in [2.45, 2.75) is 19.8 Å². The van der Waals surface area contributed by atoms with E-state index >= 15 is 0 Å². The Kier molecular flexibility index (Phi) is 5.95. The fraction of sp³-hybridized carbons (Fsp3) is 0.333. The van der Waals surface area contributed by atoms with E-state index in [4.69, 9.17) is 4.98 Å². The zero-order valence-corrected chi connectivity index (χ0v) is 13.4. The second kappa shape index (κ2) is 8.17. The van der Waals surface area contributed by atoms with E-state index in [2.05, 4.69) is 35.8 Å². The number of benzene rings is 1. The Morgan fingerprint density at radius 2 is 2.00 bits per heavy atom. The van der Waals surface area contributed by atoms with Gasteiger partial charge in [-0.1, -0.05) is 49.8 Å². The summed E-state index contributed by atoms with van der Waals surface area (Å²) in [5, 5.41) is 3.26. The van der Waals surface area contributed by atoms with Crippen LogP contribution in [0.25, 0.3) is 11.4 Å². The Labute approximate surface area is 132 Å². The summed E-state index contributed by atoms with van der Waals surface area (Å²) in [4.78, 5) is 11.5. The lowest BCUT2D eigenvalue weighted by Gasteiger charge is -2.19. The van der Waals surface area contributed by atoms with Crippen LogP contribution in [0.3, 0.4) is 0 Å². The van der Waals surface area contributed by atoms with Gasteiger partial charge >= 0.3 is 0 Å². The number of hydrogen-bond donors (Lipinski definition) is 1. The van der Waals surface area contributed by atoms with Gasteiger partial charge in [0.1, 0.15) is 11.6 Å². The van der Waals surface area contributed by atoms with Gasteiger partial charge in [-0.05, 0) is 6.42 Å². The molecular formula is C18H24N4. The van der Waals surface area contributed by atoms with E-state index in [0.29, 0.717) is 6.54 Å². The van der Waals surface area contributed by atoms with Crippen molar-refractivity contribution in [2.24, 2.45) is 0 Å². The third kappa shape index (κ3) is 4.32. The third-order valence-corrected chi connectivity index (χ3v) is 3.41. The molecule has 1 aromatic carbocycles. The first-order valence-electron chi connectivity index (χ1n) is 7.75. The van der Waals surface area contributed by atoms with E-state index in [-0.39, 0.29) is 0 Å². The van der Waals surface area contributed by atoms with Gasteiger partial charge in [-0.15, -0.1) is 6.58 Å². The molecule has 2 aromatic rings. The fourth-order valence-corrected chi connectivity index (χ4v) is 2.12. The van der Waals surface area contributed by atoms with Crippen LogP contribution in [0.15, 0.2) is 49.1 Å². The van der Waals surface area contributed by atoms with Crippen LogP contribution in [0.4, 0.5) is 11.6 Å². The summed E-state index contributed by atoms with van der Waals surface area (Å²) < 4.78 is 0. The summed E-state index contributed by atoms with van der Waals surface area (Å²) >= 11 is 0. The lowest BCUT2D eigenvalue weighted by molar-refractivity contribution is 0.759. The molecule has 2 rings (SSSR count). The minimum absolute atomic E-state index is 0.684. The number of nitrogens with zero attached hydrogens (tertiary/aromatic N) is 3. The summed E-state index contributed by atoms with van der Waals surface area (Å²) in [6.45, 7) is 7.61. The maximum absolute atomic E-state index is 4.71. The number of anilines is 2. The molecule has 0 saturated heterocycles. The first-order chi connectivity index (χ1) is 10.7. The SMILES string of the molecule is C=CCNc1cc(N(C)CCCC)nc(-c2ccccc2)n1. The van der Waals surface area contributed by atoms with Crippen molar-refractivity contribution in [3.8, 4) is 11.4 Å². The monoisotopic (exact) mass is 296 g/mol. The molecule has 0 saturated carbocycles. The largest absolute Gasteiger partial charge is 0.366 e. The summed E-state index contributed by atoms with van der Waals surface area (Å²) in [7, 11) is 2.07. The van der Waals surface area contributed by atoms with Crippen LogP contribution >= 0.6 is 0 Å². The van der Waals surface area contributed by atoms with Gasteiger partial charge < -0.3 is 10.2 Å². The van der Waals surface area contributed by atoms with Crippen molar-refractivity contribution in [1.29, 1.82) is 0 Å². The van der Waals surface area contributed by atoms with Crippen LogP contribution in [0.2, 0.25) is 0 Å². The molecule has 4 nitrogen and oxygen atoms in total. The second-order valence-electron chi connectivity index (χ2n) is 5.25. The first kappa shape index (κ1) is 16.0. The second-order valence-corrected chi connectivity index (χ2v) is 5.25. The fourth-order valence-electron chi connectivity index (χ4n) is 2.12. The number of hydrogen-bond acceptors (Lipinski definition) is 4. The Hall–Kier alpha value is -2.36. The highest BCUT2D eigenvalue weighted by Crippen LogP contribution is 2.22. The van der Waals surface area contributed by atoms with Crippen molar-refractivity contribution in [3.63, 3.8) is 0 Å². The lowest BCUT2D eigenvalue weighted by atomic mass is 10.2. The van der Waals surface area contributed by atoms with Gasteiger partial charge in [-0.3, -0.25) is 0 Å². The maximum Gasteiger partial charge on any atom is 0.163 e. The average Bonchev–Trinajstić information content (AvgIpc) is 2.58. The predicted octanol–water partition coefficient (Wildman–Crippen LogP) is 3.98. The quantitative estimate of drug-likeness (QED) is 0.748. The molecule has 4 heteroatoms. The number of unbranched alkanes of at least 4 members (excludes halogenated alkanes) is 1. The van der Waals surface area contributed by atoms with Crippen molar-refractivity contribution in [3.05, 3.63) is 49.1 Å². The molecule has 0 aliphatic carbocycles. The number of aromatic nitrogens is 2. The van der Waals surface area contributed by atoms with E-state index in [1.807, 2.05) is 42.5 Å². The highest BCUT2D eigenvalue weighted by molar-refractivity contribution is 5.61. The third-order valence-electron chi connectivity index (χ3n) is 3.41. The number of rotatable bonds is 8. The molecule has 0 aliphatic rings. The van der Waals surface area contributed by atoms with Gasteiger partial charge in [0.05, 0.1) is 0 Å². The van der Waals surface area contributed by atoms with Crippen molar-refractivity contribution >= 4 is 11.6 Å². The van der Waals surface area contributed by atoms with E-state index in [0.717, 1.165) is 36.0 Å². The zero-order valence-electron chi connectivity index (χ0n) is 13.4. The van der Waals surface area contributed by atoms with Crippen LogP contribution < -0.4 is 10.2 Å². The Morgan fingerprint density at radius 3 is 2.68 bits per heavy atom. The highest BCUT2D eigenvalue weighted by Gasteiger charge is 2.09. The predicted molar refractivity (Wildman–Crippen MR) is 94.3 cm³/mol. The van der Waals surface area contributed by atoms with Crippen LogP contribution in [0.1, 0.15) is 19.8 Å². The van der Waals surface area contributed by atoms with Crippen molar-refractivity contribution in [1.82, 2.24) is 9.97 Å². The van der Waals surface area contributed by atoms with Crippen LogP contribution in [0, 0.1) is 0 Å². The van der Waals surface area contributed by atoms with Gasteiger partial charge in [-0.2, -0.15) is 0 Å². The molecule has 22 heavy (non-hydrogen) atoms. The zero-order chi connectivity index (χ0) is 15.8. The molecule has 0 radical (unpaired) electrons. The molecule has 0 fully saturated rings. The van der Waals surface area contributed by atoms with Gasteiger partial charge in [-0.25, -0.2) is 9.97 Å². The molecule has 0 amide bonds. The molecule has 0 bridgehead atoms. The van der Waals surface area contributed by atoms with Gasteiger partial charge in [0.15, 0.2) is 5.82 Å². The van der Waals surface area contributed by atoms with E-state index in [1.54, 1.807) is 0 Å². The highest BCUT2D eigenvalue weighted by atomic mass is 15.2. The Bertz CT molecular complexity index is 595. The number of nitrogens with one attached hydrogen (secondary N) is 1. The molecule has 1 aromatic heterocycles. The molecule has 0 unspecified atom stereocenters. The Balaban J connectivity index is 2.34. The molecule has 0 spiro atoms. The standard InChI is InChI=1S/C18H24N4/c1-4-6-13-22(3)17-14-16(19-12-5-2)20-18(21-17)15-10-8-7-9-11-15/h5,7-11,14H,2,4,6,12-13H2,1,3H3,(H,19,20,21). The van der Waals surface area contributed by atoms with Gasteiger partial charge in [0, 0.05) is 31.8 Å². The van der Waals surface area contributed by atoms with Gasteiger partial charge in [0.25, 0.3) is 0 Å². The molecule has 1 N–H and O–H groups in total. The van der Waals surface area contributed by atoms with Crippen molar-refractivity contribution in [2.75, 3.05) is 30.4 Å². The summed E-state index contributed by atoms with van der Waals surface area (Å²) in [6, 6.07) is 12.1. The van der Waals surface area contributed by atoms with Crippen molar-refractivity contribution < 1.29 is 0 Å². The van der Waals surface area contributed by atoms with E-state index in [9.17, 15) is 0 Å². The first-order valence-corrected chi connectivity index (χ1v) is 7.75. The average molecular weight is 296 g/mol. The van der Waals surface area contributed by atoms with Crippen LogP contribution in [-0.4, -0.2) is 30.1 Å². The van der Waals surface area contributed by atoms with Crippen LogP contribution in [-0.2, 0) is 0 Å². The van der Waals surface area contributed by atoms with E-state index in [1.165, 1.54) is 6.42 Å².